The van der Waals surface area contributed by atoms with Gasteiger partial charge in [0.05, 0.1) is 0 Å². The summed E-state index contributed by atoms with van der Waals surface area (Å²) in [7, 11) is 0. The lowest BCUT2D eigenvalue weighted by atomic mass is 10.3. The highest BCUT2D eigenvalue weighted by molar-refractivity contribution is 7.80. The summed E-state index contributed by atoms with van der Waals surface area (Å²) in [6.45, 7) is 2.03. The van der Waals surface area contributed by atoms with E-state index in [4.69, 9.17) is 5.73 Å². The Morgan fingerprint density at radius 3 is 2.55 bits per heavy atom. The third-order valence-electron chi connectivity index (χ3n) is 1.76. The monoisotopic (exact) mass is 173 g/mol. The fourth-order valence-electron chi connectivity index (χ4n) is 0.903. The van der Waals surface area contributed by atoms with E-state index in [0.717, 1.165) is 6.42 Å². The van der Waals surface area contributed by atoms with Gasteiger partial charge in [0.1, 0.15) is 0 Å². The van der Waals surface area contributed by atoms with Crippen LogP contribution >= 0.6 is 12.2 Å². The van der Waals surface area contributed by atoms with Crippen LogP contribution in [0.25, 0.3) is 0 Å². The van der Waals surface area contributed by atoms with Gasteiger partial charge in [0.15, 0.2) is 5.11 Å². The number of carbonyl (C=O) groups excluding carboxylic acids is 1. The summed E-state index contributed by atoms with van der Waals surface area (Å²) in [5.41, 5.74) is 9.92. The molecule has 4 nitrogen and oxygen atoms in total. The lowest BCUT2D eigenvalue weighted by Gasteiger charge is -2.04. The smallest absolute Gasteiger partial charge is 0.241 e. The standard InChI is InChI=1S/C6H11N3OS/c1-3-2-4(3)5(10)8-9-6(7)11/h3-4H,2H2,1H3,(H,8,10)(H3,7,9,11). The zero-order chi connectivity index (χ0) is 8.43. The maximum atomic E-state index is 11.0. The average Bonchev–Trinajstić information content (AvgIpc) is 2.61. The molecule has 0 aromatic heterocycles. The van der Waals surface area contributed by atoms with E-state index in [2.05, 4.69) is 23.1 Å². The minimum Gasteiger partial charge on any atom is -0.375 e. The number of rotatable bonds is 1. The summed E-state index contributed by atoms with van der Waals surface area (Å²) >= 11 is 4.50. The van der Waals surface area contributed by atoms with Gasteiger partial charge in [-0.1, -0.05) is 6.92 Å². The average molecular weight is 173 g/mol. The van der Waals surface area contributed by atoms with Crippen molar-refractivity contribution in [2.45, 2.75) is 13.3 Å². The van der Waals surface area contributed by atoms with Crippen LogP contribution in [0, 0.1) is 11.8 Å². The van der Waals surface area contributed by atoms with Crippen LogP contribution in [-0.2, 0) is 4.79 Å². The maximum Gasteiger partial charge on any atom is 0.241 e. The number of hydrogen-bond donors (Lipinski definition) is 3. The van der Waals surface area contributed by atoms with Crippen LogP contribution in [0.5, 0.6) is 0 Å². The highest BCUT2D eigenvalue weighted by Gasteiger charge is 2.39. The van der Waals surface area contributed by atoms with Crippen LogP contribution in [-0.4, -0.2) is 11.0 Å². The van der Waals surface area contributed by atoms with E-state index in [0.29, 0.717) is 5.92 Å². The minimum absolute atomic E-state index is 0.0229. The first-order valence-electron chi connectivity index (χ1n) is 3.46. The number of hydrogen-bond acceptors (Lipinski definition) is 2. The molecule has 0 aliphatic heterocycles. The molecule has 0 bridgehead atoms. The molecule has 1 fully saturated rings. The van der Waals surface area contributed by atoms with E-state index in [1.54, 1.807) is 0 Å². The van der Waals surface area contributed by atoms with Crippen molar-refractivity contribution in [2.75, 3.05) is 0 Å². The van der Waals surface area contributed by atoms with Gasteiger partial charge in [0.2, 0.25) is 5.91 Å². The number of amides is 1. The molecule has 0 heterocycles. The largest absolute Gasteiger partial charge is 0.375 e. The SMILES string of the molecule is CC1CC1C(=O)NNC(N)=S. The van der Waals surface area contributed by atoms with Crippen LogP contribution in [0.3, 0.4) is 0 Å². The third-order valence-corrected chi connectivity index (χ3v) is 1.86. The Morgan fingerprint density at radius 2 is 2.18 bits per heavy atom. The molecule has 0 radical (unpaired) electrons. The van der Waals surface area contributed by atoms with Crippen LogP contribution in [0.1, 0.15) is 13.3 Å². The molecule has 1 aliphatic rings. The van der Waals surface area contributed by atoms with Gasteiger partial charge in [-0.25, -0.2) is 0 Å². The van der Waals surface area contributed by atoms with Crippen molar-refractivity contribution in [3.63, 3.8) is 0 Å². The van der Waals surface area contributed by atoms with Gasteiger partial charge in [-0.3, -0.25) is 15.6 Å². The first-order valence-corrected chi connectivity index (χ1v) is 3.87. The highest BCUT2D eigenvalue weighted by atomic mass is 32.1. The number of thiocarbonyl (C=S) groups is 1. The number of carbonyl (C=O) groups is 1. The summed E-state index contributed by atoms with van der Waals surface area (Å²) in [6, 6.07) is 0. The Kier molecular flexibility index (Phi) is 2.28. The lowest BCUT2D eigenvalue weighted by Crippen LogP contribution is -2.45. The fraction of sp³-hybridized carbons (Fsp3) is 0.667. The molecule has 4 N–H and O–H groups in total. The van der Waals surface area contributed by atoms with Crippen molar-refractivity contribution in [2.24, 2.45) is 17.6 Å². The predicted molar refractivity (Wildman–Crippen MR) is 45.3 cm³/mol. The highest BCUT2D eigenvalue weighted by Crippen LogP contribution is 2.37. The molecule has 0 spiro atoms. The third kappa shape index (κ3) is 2.34. The van der Waals surface area contributed by atoms with E-state index in [-0.39, 0.29) is 16.9 Å². The van der Waals surface area contributed by atoms with Crippen molar-refractivity contribution in [1.82, 2.24) is 10.9 Å². The molecule has 0 aromatic carbocycles. The van der Waals surface area contributed by atoms with Crippen LogP contribution in [0.2, 0.25) is 0 Å². The van der Waals surface area contributed by atoms with E-state index >= 15 is 0 Å². The summed E-state index contributed by atoms with van der Waals surface area (Å²) in [6.07, 6.45) is 0.963. The second kappa shape index (κ2) is 3.04. The molecule has 0 aromatic rings. The quantitative estimate of drug-likeness (QED) is 0.369. The van der Waals surface area contributed by atoms with E-state index in [1.165, 1.54) is 0 Å². The maximum absolute atomic E-state index is 11.0. The molecule has 1 rings (SSSR count). The normalized spacial score (nSPS) is 27.4. The molecule has 2 atom stereocenters. The van der Waals surface area contributed by atoms with Gasteiger partial charge >= 0.3 is 0 Å². The zero-order valence-corrected chi connectivity index (χ0v) is 7.07. The van der Waals surface area contributed by atoms with Gasteiger partial charge in [0, 0.05) is 5.92 Å². The van der Waals surface area contributed by atoms with E-state index in [9.17, 15) is 4.79 Å². The molecule has 1 amide bonds. The first-order chi connectivity index (χ1) is 5.11. The Morgan fingerprint density at radius 1 is 1.64 bits per heavy atom. The topological polar surface area (TPSA) is 67.2 Å². The minimum atomic E-state index is -0.0229. The predicted octanol–water partition coefficient (Wildman–Crippen LogP) is -0.493. The van der Waals surface area contributed by atoms with Gasteiger partial charge in [-0.05, 0) is 24.6 Å². The number of hydrazine groups is 1. The van der Waals surface area contributed by atoms with Crippen LogP contribution < -0.4 is 16.6 Å². The molecule has 62 valence electrons. The molecule has 1 aliphatic carbocycles. The Labute approximate surface area is 70.5 Å². The van der Waals surface area contributed by atoms with Gasteiger partial charge in [-0.15, -0.1) is 0 Å². The Hall–Kier alpha value is -0.840. The molecular weight excluding hydrogens is 162 g/mol. The van der Waals surface area contributed by atoms with E-state index in [1.807, 2.05) is 6.92 Å². The molecule has 5 heteroatoms. The summed E-state index contributed by atoms with van der Waals surface area (Å²) in [5, 5.41) is 0.0895. The Balaban J connectivity index is 2.17. The number of nitrogens with one attached hydrogen (secondary N) is 2. The second-order valence-electron chi connectivity index (χ2n) is 2.80. The van der Waals surface area contributed by atoms with Crippen LogP contribution in [0.15, 0.2) is 0 Å². The van der Waals surface area contributed by atoms with Gasteiger partial charge < -0.3 is 5.73 Å². The first kappa shape index (κ1) is 8.26. The van der Waals surface area contributed by atoms with Crippen molar-refractivity contribution in [1.29, 1.82) is 0 Å². The Bertz CT molecular complexity index is 194. The molecular formula is C6H11N3OS. The van der Waals surface area contributed by atoms with Crippen molar-refractivity contribution in [3.8, 4) is 0 Å². The van der Waals surface area contributed by atoms with Crippen molar-refractivity contribution >= 4 is 23.2 Å². The van der Waals surface area contributed by atoms with Crippen molar-refractivity contribution < 1.29 is 4.79 Å². The summed E-state index contributed by atoms with van der Waals surface area (Å²) < 4.78 is 0. The van der Waals surface area contributed by atoms with Gasteiger partial charge in [-0.2, -0.15) is 0 Å². The molecule has 2 unspecified atom stereocenters. The fourth-order valence-corrected chi connectivity index (χ4v) is 0.954. The summed E-state index contributed by atoms with van der Waals surface area (Å²) in [4.78, 5) is 11.0. The summed E-state index contributed by atoms with van der Waals surface area (Å²) in [5.74, 6) is 0.630. The molecule has 0 saturated heterocycles. The lowest BCUT2D eigenvalue weighted by molar-refractivity contribution is -0.123. The van der Waals surface area contributed by atoms with Crippen LogP contribution in [0.4, 0.5) is 0 Å². The number of nitrogens with two attached hydrogens (primary N) is 1. The zero-order valence-electron chi connectivity index (χ0n) is 6.26. The molecule has 11 heavy (non-hydrogen) atoms. The second-order valence-corrected chi connectivity index (χ2v) is 3.24. The van der Waals surface area contributed by atoms with Crippen molar-refractivity contribution in [3.05, 3.63) is 0 Å². The molecule has 1 saturated carbocycles. The van der Waals surface area contributed by atoms with Gasteiger partial charge in [0.25, 0.3) is 0 Å². The van der Waals surface area contributed by atoms with E-state index < -0.39 is 0 Å².